The van der Waals surface area contributed by atoms with E-state index in [9.17, 15) is 27.6 Å². The number of carbonyl (C=O) groups is 3. The summed E-state index contributed by atoms with van der Waals surface area (Å²) >= 11 is 5.81. The maximum absolute atomic E-state index is 15.0. The molecule has 0 atom stereocenters. The summed E-state index contributed by atoms with van der Waals surface area (Å²) in [6.07, 6.45) is 2.50. The first kappa shape index (κ1) is 32.7. The Morgan fingerprint density at radius 2 is 1.62 bits per heavy atom. The SMILES string of the molecule is O=C(Nc1ccc(Cl)cn1)c1nccnc1C(=O)Nc1ccc(-n2cccc(CNC3CC3)c2=O)cc1F.O=C(O)C(F)(F)F. The predicted molar refractivity (Wildman–Crippen MR) is 153 cm³/mol. The van der Waals surface area contributed by atoms with E-state index in [-0.39, 0.29) is 28.5 Å². The molecule has 0 radical (unpaired) electrons. The van der Waals surface area contributed by atoms with Crippen LogP contribution in [0.15, 0.2) is 72.0 Å². The number of carboxylic acid groups (broad SMARTS) is 1. The number of hydrogen-bond acceptors (Lipinski definition) is 8. The van der Waals surface area contributed by atoms with Gasteiger partial charge < -0.3 is 21.1 Å². The van der Waals surface area contributed by atoms with E-state index in [0.29, 0.717) is 28.9 Å². The van der Waals surface area contributed by atoms with Gasteiger partial charge in [-0.15, -0.1) is 0 Å². The van der Waals surface area contributed by atoms with Gasteiger partial charge >= 0.3 is 12.1 Å². The van der Waals surface area contributed by atoms with Gasteiger partial charge in [0.2, 0.25) is 0 Å². The molecule has 1 fully saturated rings. The number of halogens is 5. The highest BCUT2D eigenvalue weighted by atomic mass is 35.5. The zero-order valence-electron chi connectivity index (χ0n) is 22.8. The van der Waals surface area contributed by atoms with E-state index in [1.807, 2.05) is 0 Å². The third-order valence-corrected chi connectivity index (χ3v) is 6.23. The second-order valence-electron chi connectivity index (χ2n) is 9.35. The van der Waals surface area contributed by atoms with E-state index < -0.39 is 29.8 Å². The summed E-state index contributed by atoms with van der Waals surface area (Å²) in [5.41, 5.74) is -0.137. The van der Waals surface area contributed by atoms with Crippen LogP contribution in [-0.2, 0) is 11.3 Å². The number of aromatic nitrogens is 4. The quantitative estimate of drug-likeness (QED) is 0.205. The number of anilines is 2. The number of benzene rings is 1. The Bertz CT molecular complexity index is 1780. The highest BCUT2D eigenvalue weighted by molar-refractivity contribution is 6.30. The zero-order valence-corrected chi connectivity index (χ0v) is 23.6. The molecule has 0 spiro atoms. The first-order chi connectivity index (χ1) is 21.3. The normalized spacial score (nSPS) is 12.5. The second-order valence-corrected chi connectivity index (χ2v) is 9.79. The summed E-state index contributed by atoms with van der Waals surface area (Å²) in [7, 11) is 0. The van der Waals surface area contributed by atoms with Crippen molar-refractivity contribution in [2.75, 3.05) is 10.6 Å². The molecule has 45 heavy (non-hydrogen) atoms. The zero-order chi connectivity index (χ0) is 32.7. The van der Waals surface area contributed by atoms with Crippen LogP contribution in [0.2, 0.25) is 5.02 Å². The van der Waals surface area contributed by atoms with Crippen molar-refractivity contribution in [1.82, 2.24) is 24.8 Å². The number of hydrogen-bond donors (Lipinski definition) is 4. The molecule has 5 rings (SSSR count). The molecular weight excluding hydrogens is 626 g/mol. The number of carboxylic acids is 1. The number of alkyl halides is 3. The van der Waals surface area contributed by atoms with Gasteiger partial charge in [0.1, 0.15) is 11.6 Å². The van der Waals surface area contributed by atoms with E-state index in [1.165, 1.54) is 47.4 Å². The van der Waals surface area contributed by atoms with Crippen molar-refractivity contribution in [2.24, 2.45) is 0 Å². The van der Waals surface area contributed by atoms with Crippen molar-refractivity contribution in [3.8, 4) is 5.69 Å². The number of carbonyl (C=O) groups excluding carboxylic acids is 2. The summed E-state index contributed by atoms with van der Waals surface area (Å²) in [6.45, 7) is 0.434. The molecular formula is C28H22ClF4N7O5. The largest absolute Gasteiger partial charge is 0.490 e. The number of rotatable bonds is 8. The monoisotopic (exact) mass is 647 g/mol. The third kappa shape index (κ3) is 8.90. The Morgan fingerprint density at radius 3 is 2.18 bits per heavy atom. The minimum absolute atomic E-state index is 0.158. The van der Waals surface area contributed by atoms with Crippen molar-refractivity contribution in [3.05, 3.63) is 105 Å². The van der Waals surface area contributed by atoms with E-state index in [1.54, 1.807) is 18.3 Å². The molecule has 17 heteroatoms. The van der Waals surface area contributed by atoms with Gasteiger partial charge in [-0.2, -0.15) is 13.2 Å². The molecule has 1 saturated carbocycles. The summed E-state index contributed by atoms with van der Waals surface area (Å²) in [5.74, 6) is -4.91. The fourth-order valence-electron chi connectivity index (χ4n) is 3.65. The Morgan fingerprint density at radius 1 is 0.978 bits per heavy atom. The molecule has 3 aromatic heterocycles. The number of nitrogens with zero attached hydrogens (tertiary/aromatic N) is 4. The fraction of sp³-hybridized carbons (Fsp3) is 0.179. The molecule has 0 saturated heterocycles. The summed E-state index contributed by atoms with van der Waals surface area (Å²) in [6, 6.07) is 10.9. The van der Waals surface area contributed by atoms with Crippen molar-refractivity contribution in [1.29, 1.82) is 0 Å². The highest BCUT2D eigenvalue weighted by Gasteiger charge is 2.38. The predicted octanol–water partition coefficient (Wildman–Crippen LogP) is 4.20. The number of amides is 2. The topological polar surface area (TPSA) is 168 Å². The first-order valence-corrected chi connectivity index (χ1v) is 13.3. The van der Waals surface area contributed by atoms with Gasteiger partial charge in [0, 0.05) is 49.0 Å². The van der Waals surface area contributed by atoms with Crippen molar-refractivity contribution < 1.29 is 37.1 Å². The van der Waals surface area contributed by atoms with Gasteiger partial charge in [-0.25, -0.2) is 24.1 Å². The average molecular weight is 648 g/mol. The van der Waals surface area contributed by atoms with Crippen LogP contribution in [0.1, 0.15) is 39.4 Å². The van der Waals surface area contributed by atoms with Crippen LogP contribution in [0.3, 0.4) is 0 Å². The molecule has 12 nitrogen and oxygen atoms in total. The Hall–Kier alpha value is -5.22. The third-order valence-electron chi connectivity index (χ3n) is 6.00. The molecule has 234 valence electrons. The summed E-state index contributed by atoms with van der Waals surface area (Å²) in [5, 5.41) is 15.7. The minimum atomic E-state index is -5.08. The van der Waals surface area contributed by atoms with E-state index in [2.05, 4.69) is 30.9 Å². The van der Waals surface area contributed by atoms with E-state index >= 15 is 4.39 Å². The second kappa shape index (κ2) is 14.0. The lowest BCUT2D eigenvalue weighted by molar-refractivity contribution is -0.192. The molecule has 4 N–H and O–H groups in total. The van der Waals surface area contributed by atoms with E-state index in [4.69, 9.17) is 21.5 Å². The first-order valence-electron chi connectivity index (χ1n) is 12.9. The lowest BCUT2D eigenvalue weighted by atomic mass is 10.2. The van der Waals surface area contributed by atoms with Gasteiger partial charge in [-0.1, -0.05) is 17.7 Å². The van der Waals surface area contributed by atoms with Crippen LogP contribution in [0.5, 0.6) is 0 Å². The van der Waals surface area contributed by atoms with Crippen molar-refractivity contribution in [3.63, 3.8) is 0 Å². The van der Waals surface area contributed by atoms with Crippen LogP contribution in [0.25, 0.3) is 5.69 Å². The standard InChI is InChI=1S/C26H21ClFN7O3.C2HF3O2/c27-16-3-8-21(32-14-16)34-25(37)23-22(29-9-10-30-23)24(36)33-20-7-6-18(12-19(20)28)35-11-1-2-15(26(35)38)13-31-17-4-5-17;3-2(4,5)1(6)7/h1-3,6-12,14,17,31H,4-5,13H2,(H,33,36)(H,32,34,37);(H,6,7). The minimum Gasteiger partial charge on any atom is -0.475 e. The molecule has 1 aliphatic rings. The molecule has 1 aliphatic carbocycles. The summed E-state index contributed by atoms with van der Waals surface area (Å²) < 4.78 is 48.1. The maximum atomic E-state index is 15.0. The molecule has 0 unspecified atom stereocenters. The Labute approximate surface area is 256 Å². The molecule has 1 aromatic carbocycles. The molecule has 0 bridgehead atoms. The van der Waals surface area contributed by atoms with Crippen LogP contribution < -0.4 is 21.5 Å². The fourth-order valence-corrected chi connectivity index (χ4v) is 3.76. The van der Waals surface area contributed by atoms with Gasteiger partial charge in [-0.3, -0.25) is 19.0 Å². The summed E-state index contributed by atoms with van der Waals surface area (Å²) in [4.78, 5) is 59.3. The number of pyridine rings is 2. The molecule has 0 aliphatic heterocycles. The maximum Gasteiger partial charge on any atom is 0.490 e. The highest BCUT2D eigenvalue weighted by Crippen LogP contribution is 2.21. The van der Waals surface area contributed by atoms with Crippen molar-refractivity contribution in [2.45, 2.75) is 31.6 Å². The lowest BCUT2D eigenvalue weighted by Gasteiger charge is -2.12. The Balaban J connectivity index is 0.000000591. The number of nitrogens with one attached hydrogen (secondary N) is 3. The molecule has 2 amide bonds. The molecule has 4 aromatic rings. The van der Waals surface area contributed by atoms with Gasteiger partial charge in [-0.05, 0) is 43.2 Å². The molecule has 3 heterocycles. The van der Waals surface area contributed by atoms with Gasteiger partial charge in [0.15, 0.2) is 11.4 Å². The van der Waals surface area contributed by atoms with Gasteiger partial charge in [0.05, 0.1) is 16.4 Å². The van der Waals surface area contributed by atoms with Crippen LogP contribution >= 0.6 is 11.6 Å². The smallest absolute Gasteiger partial charge is 0.475 e. The Kier molecular flexibility index (Phi) is 10.2. The van der Waals surface area contributed by atoms with Gasteiger partial charge in [0.25, 0.3) is 17.4 Å². The van der Waals surface area contributed by atoms with Crippen molar-refractivity contribution >= 4 is 40.9 Å². The van der Waals surface area contributed by atoms with Crippen LogP contribution in [0.4, 0.5) is 29.1 Å². The van der Waals surface area contributed by atoms with E-state index in [0.717, 1.165) is 18.9 Å². The number of aliphatic carboxylic acids is 1. The average Bonchev–Trinajstić information content (AvgIpc) is 3.83. The van der Waals surface area contributed by atoms with Crippen LogP contribution in [0, 0.1) is 5.82 Å². The van der Waals surface area contributed by atoms with Crippen LogP contribution in [-0.4, -0.2) is 54.6 Å². The lowest BCUT2D eigenvalue weighted by Crippen LogP contribution is -2.26.